The second-order valence-electron chi connectivity index (χ2n) is 4.80. The Morgan fingerprint density at radius 3 is 2.48 bits per heavy atom. The van der Waals surface area contributed by atoms with Crippen molar-refractivity contribution in [3.05, 3.63) is 65.9 Å². The van der Waals surface area contributed by atoms with Crippen molar-refractivity contribution in [2.24, 2.45) is 7.05 Å². The molecular weight excluding hydrogens is 286 g/mol. The van der Waals surface area contributed by atoms with Crippen LogP contribution in [0.3, 0.4) is 0 Å². The van der Waals surface area contributed by atoms with E-state index in [4.69, 9.17) is 16.3 Å². The minimum absolute atomic E-state index is 0.383. The summed E-state index contributed by atoms with van der Waals surface area (Å²) in [5.74, 6) is 0.539. The molecule has 0 saturated heterocycles. The van der Waals surface area contributed by atoms with E-state index in [1.165, 1.54) is 0 Å². The molecule has 1 heterocycles. The van der Waals surface area contributed by atoms with Gasteiger partial charge in [-0.1, -0.05) is 42.5 Å². The maximum atomic E-state index is 11.7. The molecule has 3 aromatic rings. The van der Waals surface area contributed by atoms with Gasteiger partial charge in [0.05, 0.1) is 5.52 Å². The highest BCUT2D eigenvalue weighted by atomic mass is 35.5. The summed E-state index contributed by atoms with van der Waals surface area (Å²) in [6.45, 7) is 0.395. The Kier molecular flexibility index (Phi) is 3.67. The highest BCUT2D eigenvalue weighted by Crippen LogP contribution is 2.34. The van der Waals surface area contributed by atoms with Crippen molar-refractivity contribution in [1.82, 2.24) is 4.57 Å². The summed E-state index contributed by atoms with van der Waals surface area (Å²) in [4.78, 5) is 11.7. The molecule has 0 aliphatic carbocycles. The van der Waals surface area contributed by atoms with Crippen LogP contribution in [0.2, 0.25) is 0 Å². The number of ether oxygens (including phenoxy) is 1. The number of para-hydroxylation sites is 1. The number of carbonyl (C=O) groups excluding carboxylic acids is 1. The molecular formula is C17H14ClNO2. The summed E-state index contributed by atoms with van der Waals surface area (Å²) >= 11 is 5.73. The summed E-state index contributed by atoms with van der Waals surface area (Å²) in [6.07, 6.45) is 0. The molecule has 0 spiro atoms. The SMILES string of the molecule is Cn1c(C(=O)Cl)c(OCc2ccccc2)c2ccccc21. The normalized spacial score (nSPS) is 10.8. The van der Waals surface area contributed by atoms with Gasteiger partial charge in [0.1, 0.15) is 12.3 Å². The topological polar surface area (TPSA) is 31.2 Å². The van der Waals surface area contributed by atoms with Crippen molar-refractivity contribution < 1.29 is 9.53 Å². The van der Waals surface area contributed by atoms with Gasteiger partial charge in [-0.15, -0.1) is 0 Å². The quantitative estimate of drug-likeness (QED) is 0.678. The Morgan fingerprint density at radius 1 is 1.10 bits per heavy atom. The largest absolute Gasteiger partial charge is 0.486 e. The number of benzene rings is 2. The molecule has 106 valence electrons. The minimum Gasteiger partial charge on any atom is -0.486 e. The van der Waals surface area contributed by atoms with Crippen LogP contribution in [0.1, 0.15) is 16.1 Å². The van der Waals surface area contributed by atoms with Crippen LogP contribution in [0.15, 0.2) is 54.6 Å². The lowest BCUT2D eigenvalue weighted by molar-refractivity contribution is 0.107. The fourth-order valence-electron chi connectivity index (χ4n) is 2.46. The molecule has 0 atom stereocenters. The summed E-state index contributed by atoms with van der Waals surface area (Å²) in [5.41, 5.74) is 2.34. The standard InChI is InChI=1S/C17H14ClNO2/c1-19-14-10-6-5-9-13(14)16(15(19)17(18)20)21-11-12-7-3-2-4-8-12/h2-10H,11H2,1H3. The van der Waals surface area contributed by atoms with Crippen LogP contribution in [0.25, 0.3) is 10.9 Å². The molecule has 0 fully saturated rings. The predicted octanol–water partition coefficient (Wildman–Crippen LogP) is 4.14. The van der Waals surface area contributed by atoms with Crippen LogP contribution in [-0.4, -0.2) is 9.81 Å². The molecule has 0 bridgehead atoms. The first-order chi connectivity index (χ1) is 10.2. The van der Waals surface area contributed by atoms with Crippen LogP contribution in [-0.2, 0) is 13.7 Å². The zero-order valence-electron chi connectivity index (χ0n) is 11.5. The summed E-state index contributed by atoms with van der Waals surface area (Å²) < 4.78 is 7.66. The van der Waals surface area contributed by atoms with Crippen molar-refractivity contribution in [1.29, 1.82) is 0 Å². The Bertz CT molecular complexity index is 793. The van der Waals surface area contributed by atoms with Gasteiger partial charge < -0.3 is 9.30 Å². The molecule has 3 rings (SSSR count). The zero-order valence-corrected chi connectivity index (χ0v) is 12.3. The van der Waals surface area contributed by atoms with E-state index in [1.54, 1.807) is 4.57 Å². The van der Waals surface area contributed by atoms with Gasteiger partial charge in [-0.05, 0) is 29.3 Å². The molecule has 0 N–H and O–H groups in total. The number of halogens is 1. The Hall–Kier alpha value is -2.26. The first kappa shape index (κ1) is 13.7. The highest BCUT2D eigenvalue weighted by molar-refractivity contribution is 6.68. The van der Waals surface area contributed by atoms with Crippen LogP contribution in [0.4, 0.5) is 0 Å². The van der Waals surface area contributed by atoms with E-state index < -0.39 is 5.24 Å². The first-order valence-corrected chi connectivity index (χ1v) is 7.00. The molecule has 0 radical (unpaired) electrons. The third-order valence-corrected chi connectivity index (χ3v) is 3.65. The average Bonchev–Trinajstić information content (AvgIpc) is 2.79. The molecule has 4 heteroatoms. The fourth-order valence-corrected chi connectivity index (χ4v) is 2.67. The Balaban J connectivity index is 2.04. The molecule has 21 heavy (non-hydrogen) atoms. The molecule has 0 aliphatic rings. The van der Waals surface area contributed by atoms with Gasteiger partial charge >= 0.3 is 0 Å². The van der Waals surface area contributed by atoms with Gasteiger partial charge in [0, 0.05) is 12.4 Å². The second kappa shape index (κ2) is 5.62. The zero-order chi connectivity index (χ0) is 14.8. The molecule has 0 saturated carbocycles. The number of hydrogen-bond donors (Lipinski definition) is 0. The van der Waals surface area contributed by atoms with E-state index in [-0.39, 0.29) is 0 Å². The van der Waals surface area contributed by atoms with Crippen molar-refractivity contribution in [2.45, 2.75) is 6.61 Å². The minimum atomic E-state index is -0.517. The number of nitrogens with zero attached hydrogens (tertiary/aromatic N) is 1. The van der Waals surface area contributed by atoms with Gasteiger partial charge in [-0.3, -0.25) is 4.79 Å². The summed E-state index contributed by atoms with van der Waals surface area (Å²) in [6, 6.07) is 17.5. The monoisotopic (exact) mass is 299 g/mol. The lowest BCUT2D eigenvalue weighted by Crippen LogP contribution is -2.03. The van der Waals surface area contributed by atoms with Crippen LogP contribution in [0, 0.1) is 0 Å². The number of aromatic nitrogens is 1. The first-order valence-electron chi connectivity index (χ1n) is 6.62. The molecule has 3 nitrogen and oxygen atoms in total. The van der Waals surface area contributed by atoms with E-state index in [1.807, 2.05) is 61.6 Å². The van der Waals surface area contributed by atoms with Gasteiger partial charge in [0.2, 0.25) is 0 Å². The summed E-state index contributed by atoms with van der Waals surface area (Å²) in [7, 11) is 1.81. The van der Waals surface area contributed by atoms with Crippen LogP contribution < -0.4 is 4.74 Å². The third-order valence-electron chi connectivity index (χ3n) is 3.47. The maximum absolute atomic E-state index is 11.7. The van der Waals surface area contributed by atoms with Crippen molar-refractivity contribution in [3.63, 3.8) is 0 Å². The number of rotatable bonds is 4. The van der Waals surface area contributed by atoms with Crippen LogP contribution >= 0.6 is 11.6 Å². The number of carbonyl (C=O) groups is 1. The summed E-state index contributed by atoms with van der Waals surface area (Å²) in [5, 5.41) is 0.372. The smallest absolute Gasteiger partial charge is 0.272 e. The van der Waals surface area contributed by atoms with Gasteiger partial charge in [-0.2, -0.15) is 0 Å². The highest BCUT2D eigenvalue weighted by Gasteiger charge is 2.20. The average molecular weight is 300 g/mol. The van der Waals surface area contributed by atoms with Crippen molar-refractivity contribution in [3.8, 4) is 5.75 Å². The number of fused-ring (bicyclic) bond motifs is 1. The Labute approximate surface area is 127 Å². The third kappa shape index (κ3) is 2.52. The second-order valence-corrected chi connectivity index (χ2v) is 5.15. The maximum Gasteiger partial charge on any atom is 0.272 e. The molecule has 1 aromatic heterocycles. The van der Waals surface area contributed by atoms with E-state index in [9.17, 15) is 4.79 Å². The van der Waals surface area contributed by atoms with E-state index in [0.29, 0.717) is 18.1 Å². The lowest BCUT2D eigenvalue weighted by atomic mass is 10.2. The fraction of sp³-hybridized carbons (Fsp3) is 0.118. The molecule has 2 aromatic carbocycles. The van der Waals surface area contributed by atoms with Gasteiger partial charge in [0.25, 0.3) is 5.24 Å². The van der Waals surface area contributed by atoms with E-state index in [2.05, 4.69) is 0 Å². The Morgan fingerprint density at radius 2 is 1.76 bits per heavy atom. The van der Waals surface area contributed by atoms with Gasteiger partial charge in [-0.25, -0.2) is 0 Å². The van der Waals surface area contributed by atoms with Crippen molar-refractivity contribution >= 4 is 27.7 Å². The van der Waals surface area contributed by atoms with E-state index in [0.717, 1.165) is 16.5 Å². The molecule has 0 aliphatic heterocycles. The molecule has 0 amide bonds. The lowest BCUT2D eigenvalue weighted by Gasteiger charge is -2.07. The number of hydrogen-bond acceptors (Lipinski definition) is 2. The van der Waals surface area contributed by atoms with Crippen LogP contribution in [0.5, 0.6) is 5.75 Å². The van der Waals surface area contributed by atoms with E-state index >= 15 is 0 Å². The molecule has 0 unspecified atom stereocenters. The number of aryl methyl sites for hydroxylation is 1. The van der Waals surface area contributed by atoms with Crippen molar-refractivity contribution in [2.75, 3.05) is 0 Å². The van der Waals surface area contributed by atoms with Gasteiger partial charge in [0.15, 0.2) is 5.75 Å². The predicted molar refractivity (Wildman–Crippen MR) is 83.9 cm³/mol.